The number of ether oxygens (including phenoxy) is 1. The first-order valence-corrected chi connectivity index (χ1v) is 21.9. The Kier molecular flexibility index (Phi) is 7.25. The maximum atomic E-state index is 6.69. The SMILES string of the molecule is c1ccc(-c2cccc(-n3c4ccccc4c4c(-n5c6ccccc6c6ccc([Si]7(c8ccccc8)c8ccccc8Oc8ccccc87)cc65)cccc43)c2)cc1. The van der Waals surface area contributed by atoms with E-state index in [4.69, 9.17) is 4.74 Å². The van der Waals surface area contributed by atoms with Crippen LogP contribution in [-0.2, 0) is 0 Å². The van der Waals surface area contributed by atoms with Gasteiger partial charge in [0.1, 0.15) is 11.5 Å². The Morgan fingerprint density at radius 2 is 0.914 bits per heavy atom. The van der Waals surface area contributed by atoms with Gasteiger partial charge in [-0.15, -0.1) is 0 Å². The van der Waals surface area contributed by atoms with Gasteiger partial charge in [-0.05, 0) is 86.5 Å². The number of para-hydroxylation sites is 4. The lowest BCUT2D eigenvalue weighted by molar-refractivity contribution is 0.487. The highest BCUT2D eigenvalue weighted by atomic mass is 28.3. The smallest absolute Gasteiger partial charge is 0.188 e. The molecule has 58 heavy (non-hydrogen) atoms. The van der Waals surface area contributed by atoms with Gasteiger partial charge in [0.15, 0.2) is 8.07 Å². The molecule has 2 aromatic heterocycles. The Morgan fingerprint density at radius 3 is 1.67 bits per heavy atom. The highest BCUT2D eigenvalue weighted by Gasteiger charge is 2.48. The summed E-state index contributed by atoms with van der Waals surface area (Å²) in [7, 11) is -2.88. The standard InChI is InChI=1S/C54H36N2OSi/c1-3-17-37(18-4-1)38-19-15-20-39(35-38)55-46-26-10-8-24-44(46)54-47(55)27-16-28-48(54)56-45-25-9-7-23-42(45)43-34-33-41(36-49(43)56)58(40-21-5-2-6-22-40)52-31-13-11-29-50(52)57-51-30-12-14-32-53(51)58/h1-36H. The number of benzene rings is 9. The summed E-state index contributed by atoms with van der Waals surface area (Å²) in [5.74, 6) is 1.87. The van der Waals surface area contributed by atoms with E-state index in [9.17, 15) is 0 Å². The van der Waals surface area contributed by atoms with Crippen LogP contribution in [0.5, 0.6) is 11.5 Å². The summed E-state index contributed by atoms with van der Waals surface area (Å²) < 4.78 is 11.7. The fourth-order valence-corrected chi connectivity index (χ4v) is 14.8. The molecule has 0 spiro atoms. The average Bonchev–Trinajstić information content (AvgIpc) is 3.82. The molecular weight excluding hydrogens is 721 g/mol. The molecule has 0 saturated carbocycles. The van der Waals surface area contributed by atoms with Crippen molar-refractivity contribution in [3.8, 4) is 34.0 Å². The van der Waals surface area contributed by atoms with Crippen LogP contribution in [0.15, 0.2) is 218 Å². The molecule has 11 aromatic rings. The van der Waals surface area contributed by atoms with Crippen molar-refractivity contribution < 1.29 is 4.74 Å². The molecule has 272 valence electrons. The maximum absolute atomic E-state index is 6.69. The second kappa shape index (κ2) is 12.8. The fraction of sp³-hybridized carbons (Fsp3) is 0. The number of hydrogen-bond donors (Lipinski definition) is 0. The van der Waals surface area contributed by atoms with Crippen molar-refractivity contribution in [2.24, 2.45) is 0 Å². The minimum atomic E-state index is -2.88. The molecule has 0 atom stereocenters. The summed E-state index contributed by atoms with van der Waals surface area (Å²) >= 11 is 0. The molecule has 0 bridgehead atoms. The first-order valence-electron chi connectivity index (χ1n) is 19.9. The molecule has 0 fully saturated rings. The van der Waals surface area contributed by atoms with Crippen LogP contribution in [0.4, 0.5) is 0 Å². The van der Waals surface area contributed by atoms with Crippen molar-refractivity contribution in [3.05, 3.63) is 218 Å². The summed E-state index contributed by atoms with van der Waals surface area (Å²) in [6.07, 6.45) is 0. The summed E-state index contributed by atoms with van der Waals surface area (Å²) in [6, 6.07) is 80.0. The third-order valence-corrected chi connectivity index (χ3v) is 17.1. The van der Waals surface area contributed by atoms with Crippen molar-refractivity contribution in [1.82, 2.24) is 9.13 Å². The molecule has 1 aliphatic heterocycles. The molecule has 0 N–H and O–H groups in total. The highest BCUT2D eigenvalue weighted by molar-refractivity contribution is 7.20. The first-order chi connectivity index (χ1) is 28.8. The highest BCUT2D eigenvalue weighted by Crippen LogP contribution is 2.40. The van der Waals surface area contributed by atoms with E-state index < -0.39 is 8.07 Å². The number of aromatic nitrogens is 2. The molecule has 0 saturated heterocycles. The van der Waals surface area contributed by atoms with Gasteiger partial charge in [0.05, 0.1) is 27.8 Å². The minimum Gasteiger partial charge on any atom is -0.458 e. The lowest BCUT2D eigenvalue weighted by Gasteiger charge is -2.39. The topological polar surface area (TPSA) is 19.1 Å². The van der Waals surface area contributed by atoms with Crippen LogP contribution in [0, 0.1) is 0 Å². The molecule has 9 aromatic carbocycles. The van der Waals surface area contributed by atoms with Crippen LogP contribution in [0.1, 0.15) is 0 Å². The van der Waals surface area contributed by atoms with Gasteiger partial charge < -0.3 is 13.9 Å². The zero-order valence-electron chi connectivity index (χ0n) is 31.6. The Hall–Kier alpha value is -7.40. The molecule has 12 rings (SSSR count). The van der Waals surface area contributed by atoms with E-state index in [1.165, 1.54) is 81.2 Å². The van der Waals surface area contributed by atoms with Gasteiger partial charge >= 0.3 is 0 Å². The van der Waals surface area contributed by atoms with E-state index in [1.807, 2.05) is 0 Å². The van der Waals surface area contributed by atoms with Crippen LogP contribution in [0.2, 0.25) is 0 Å². The number of fused-ring (bicyclic) bond motifs is 8. The van der Waals surface area contributed by atoms with Gasteiger partial charge in [-0.25, -0.2) is 0 Å². The zero-order valence-corrected chi connectivity index (χ0v) is 32.6. The molecule has 0 radical (unpaired) electrons. The number of rotatable bonds is 5. The van der Waals surface area contributed by atoms with E-state index >= 15 is 0 Å². The Bertz CT molecular complexity index is 3330. The molecule has 0 amide bonds. The lowest BCUT2D eigenvalue weighted by atomic mass is 10.1. The van der Waals surface area contributed by atoms with Gasteiger partial charge in [0.25, 0.3) is 0 Å². The van der Waals surface area contributed by atoms with E-state index in [2.05, 4.69) is 228 Å². The first kappa shape index (κ1) is 32.8. The molecular formula is C54H36N2OSi. The van der Waals surface area contributed by atoms with E-state index in [0.29, 0.717) is 0 Å². The third-order valence-electron chi connectivity index (χ3n) is 12.2. The monoisotopic (exact) mass is 756 g/mol. The Morgan fingerprint density at radius 1 is 0.345 bits per heavy atom. The van der Waals surface area contributed by atoms with Crippen LogP contribution in [0.25, 0.3) is 66.1 Å². The Labute approximate surface area is 337 Å². The lowest BCUT2D eigenvalue weighted by Crippen LogP contribution is -2.76. The molecule has 0 unspecified atom stereocenters. The average molecular weight is 757 g/mol. The molecule has 4 heteroatoms. The summed E-state index contributed by atoms with van der Waals surface area (Å²) in [5.41, 5.74) is 9.45. The van der Waals surface area contributed by atoms with Gasteiger partial charge in [0.2, 0.25) is 0 Å². The van der Waals surface area contributed by atoms with E-state index in [0.717, 1.165) is 17.2 Å². The summed E-state index contributed by atoms with van der Waals surface area (Å²) in [5, 5.41) is 10.1. The number of hydrogen-bond acceptors (Lipinski definition) is 1. The molecule has 3 heterocycles. The van der Waals surface area contributed by atoms with Crippen molar-refractivity contribution in [1.29, 1.82) is 0 Å². The Balaban J connectivity index is 1.17. The number of nitrogens with zero attached hydrogens (tertiary/aromatic N) is 2. The van der Waals surface area contributed by atoms with E-state index in [-0.39, 0.29) is 0 Å². The second-order valence-corrected chi connectivity index (χ2v) is 19.0. The van der Waals surface area contributed by atoms with Crippen LogP contribution in [-0.4, -0.2) is 17.2 Å². The summed E-state index contributed by atoms with van der Waals surface area (Å²) in [6.45, 7) is 0. The van der Waals surface area contributed by atoms with Crippen molar-refractivity contribution in [2.75, 3.05) is 0 Å². The van der Waals surface area contributed by atoms with Gasteiger partial charge in [0, 0.05) is 27.2 Å². The molecule has 3 nitrogen and oxygen atoms in total. The third kappa shape index (κ3) is 4.67. The van der Waals surface area contributed by atoms with Gasteiger partial charge in [-0.3, -0.25) is 0 Å². The van der Waals surface area contributed by atoms with Gasteiger partial charge in [-0.1, -0.05) is 164 Å². The predicted molar refractivity (Wildman–Crippen MR) is 244 cm³/mol. The molecule has 0 aliphatic carbocycles. The predicted octanol–water partition coefficient (Wildman–Crippen LogP) is 11.0. The minimum absolute atomic E-state index is 0.936. The zero-order chi connectivity index (χ0) is 38.2. The normalized spacial score (nSPS) is 13.1. The summed E-state index contributed by atoms with van der Waals surface area (Å²) in [4.78, 5) is 0. The van der Waals surface area contributed by atoms with Crippen molar-refractivity contribution in [3.63, 3.8) is 0 Å². The molecule has 1 aliphatic rings. The second-order valence-electron chi connectivity index (χ2n) is 15.2. The van der Waals surface area contributed by atoms with E-state index in [1.54, 1.807) is 0 Å². The van der Waals surface area contributed by atoms with Crippen molar-refractivity contribution in [2.45, 2.75) is 0 Å². The van der Waals surface area contributed by atoms with Crippen LogP contribution >= 0.6 is 0 Å². The van der Waals surface area contributed by atoms with Crippen LogP contribution < -0.4 is 25.5 Å². The quantitative estimate of drug-likeness (QED) is 0.160. The van der Waals surface area contributed by atoms with Crippen LogP contribution in [0.3, 0.4) is 0 Å². The van der Waals surface area contributed by atoms with Crippen molar-refractivity contribution >= 4 is 72.4 Å². The maximum Gasteiger partial charge on any atom is 0.188 e. The largest absolute Gasteiger partial charge is 0.458 e. The van der Waals surface area contributed by atoms with Gasteiger partial charge in [-0.2, -0.15) is 0 Å². The fourth-order valence-electron chi connectivity index (χ4n) is 9.85.